The standard InChI is InChI=1S/C18H18N4O3/c19-22-21-16-5-2-1-4-15(16)17-12-20-18(25-17)13-6-8-14(9-7-13)24-11-3-10-23/h1-2,4-9,17,23H,3,10-12H2/t17-/m1/s1. The first-order valence-corrected chi connectivity index (χ1v) is 8.01. The van der Waals surface area contributed by atoms with Gasteiger partial charge in [0, 0.05) is 34.8 Å². The van der Waals surface area contributed by atoms with E-state index in [1.54, 1.807) is 6.07 Å². The van der Waals surface area contributed by atoms with E-state index in [0.29, 0.717) is 31.2 Å². The van der Waals surface area contributed by atoms with Crippen LogP contribution in [-0.2, 0) is 4.74 Å². The fraction of sp³-hybridized carbons (Fsp3) is 0.278. The number of rotatable bonds is 7. The van der Waals surface area contributed by atoms with Crippen molar-refractivity contribution in [1.29, 1.82) is 0 Å². The smallest absolute Gasteiger partial charge is 0.216 e. The second-order valence-electron chi connectivity index (χ2n) is 5.45. The number of aliphatic imine (C=N–C) groups is 1. The van der Waals surface area contributed by atoms with E-state index >= 15 is 0 Å². The quantitative estimate of drug-likeness (QED) is 0.358. The summed E-state index contributed by atoms with van der Waals surface area (Å²) in [4.78, 5) is 7.31. The first kappa shape index (κ1) is 16.8. The highest BCUT2D eigenvalue weighted by molar-refractivity contribution is 5.95. The van der Waals surface area contributed by atoms with Gasteiger partial charge in [-0.2, -0.15) is 0 Å². The third kappa shape index (κ3) is 4.09. The molecule has 7 nitrogen and oxygen atoms in total. The third-order valence-corrected chi connectivity index (χ3v) is 3.76. The number of ether oxygens (including phenoxy) is 2. The highest BCUT2D eigenvalue weighted by atomic mass is 16.5. The topological polar surface area (TPSA) is 99.8 Å². The Hall–Kier alpha value is -3.02. The van der Waals surface area contributed by atoms with E-state index in [9.17, 15) is 0 Å². The lowest BCUT2D eigenvalue weighted by atomic mass is 10.1. The monoisotopic (exact) mass is 338 g/mol. The lowest BCUT2D eigenvalue weighted by Gasteiger charge is -2.14. The number of aliphatic hydroxyl groups excluding tert-OH is 1. The van der Waals surface area contributed by atoms with E-state index in [-0.39, 0.29) is 12.7 Å². The van der Waals surface area contributed by atoms with Gasteiger partial charge in [0.15, 0.2) is 0 Å². The lowest BCUT2D eigenvalue weighted by molar-refractivity contribution is 0.230. The van der Waals surface area contributed by atoms with Crippen molar-refractivity contribution in [3.8, 4) is 5.75 Å². The normalized spacial score (nSPS) is 15.9. The molecule has 1 N–H and O–H groups in total. The van der Waals surface area contributed by atoms with Crippen LogP contribution >= 0.6 is 0 Å². The van der Waals surface area contributed by atoms with Crippen LogP contribution in [0.2, 0.25) is 0 Å². The van der Waals surface area contributed by atoms with Gasteiger partial charge in [-0.25, -0.2) is 4.99 Å². The van der Waals surface area contributed by atoms with E-state index in [1.807, 2.05) is 42.5 Å². The number of hydrogen-bond acceptors (Lipinski definition) is 5. The van der Waals surface area contributed by atoms with Crippen LogP contribution in [0.1, 0.15) is 23.7 Å². The van der Waals surface area contributed by atoms with Crippen molar-refractivity contribution in [2.45, 2.75) is 12.5 Å². The summed E-state index contributed by atoms with van der Waals surface area (Å²) in [6.45, 7) is 1.06. The molecule has 0 spiro atoms. The minimum absolute atomic E-state index is 0.113. The number of azide groups is 1. The van der Waals surface area contributed by atoms with E-state index in [0.717, 1.165) is 16.9 Å². The van der Waals surface area contributed by atoms with Gasteiger partial charge in [0.2, 0.25) is 5.90 Å². The van der Waals surface area contributed by atoms with Crippen LogP contribution in [0.3, 0.4) is 0 Å². The van der Waals surface area contributed by atoms with Crippen molar-refractivity contribution in [3.05, 3.63) is 70.1 Å². The average Bonchev–Trinajstić information content (AvgIpc) is 3.13. The summed E-state index contributed by atoms with van der Waals surface area (Å²) >= 11 is 0. The van der Waals surface area contributed by atoms with E-state index in [4.69, 9.17) is 20.1 Å². The van der Waals surface area contributed by atoms with Crippen LogP contribution in [0.15, 0.2) is 58.6 Å². The molecule has 0 amide bonds. The fourth-order valence-electron chi connectivity index (χ4n) is 2.54. The molecule has 7 heteroatoms. The van der Waals surface area contributed by atoms with Gasteiger partial charge in [0.05, 0.1) is 13.2 Å². The second-order valence-corrected chi connectivity index (χ2v) is 5.45. The zero-order chi connectivity index (χ0) is 17.5. The van der Waals surface area contributed by atoms with Crippen molar-refractivity contribution >= 4 is 11.6 Å². The predicted octanol–water partition coefficient (Wildman–Crippen LogP) is 3.91. The van der Waals surface area contributed by atoms with Gasteiger partial charge in [0.1, 0.15) is 11.9 Å². The van der Waals surface area contributed by atoms with Crippen LogP contribution < -0.4 is 4.74 Å². The van der Waals surface area contributed by atoms with Crippen molar-refractivity contribution in [1.82, 2.24) is 0 Å². The predicted molar refractivity (Wildman–Crippen MR) is 94.1 cm³/mol. The highest BCUT2D eigenvalue weighted by Crippen LogP contribution is 2.32. The van der Waals surface area contributed by atoms with Gasteiger partial charge in [-0.15, -0.1) is 0 Å². The summed E-state index contributed by atoms with van der Waals surface area (Å²) < 4.78 is 11.5. The van der Waals surface area contributed by atoms with Gasteiger partial charge in [-0.3, -0.25) is 0 Å². The summed E-state index contributed by atoms with van der Waals surface area (Å²) in [5.41, 5.74) is 10.9. The molecule has 0 saturated heterocycles. The van der Waals surface area contributed by atoms with E-state index in [2.05, 4.69) is 15.0 Å². The minimum Gasteiger partial charge on any atom is -0.494 e. The molecule has 0 bridgehead atoms. The van der Waals surface area contributed by atoms with Gasteiger partial charge >= 0.3 is 0 Å². The molecule has 0 radical (unpaired) electrons. The minimum atomic E-state index is -0.266. The molecule has 1 aliphatic heterocycles. The summed E-state index contributed by atoms with van der Waals surface area (Å²) in [6, 6.07) is 14.8. The maximum Gasteiger partial charge on any atom is 0.216 e. The molecule has 0 unspecified atom stereocenters. The number of nitrogens with zero attached hydrogens (tertiary/aromatic N) is 4. The molecule has 1 aliphatic rings. The Kier molecular flexibility index (Phi) is 5.51. The van der Waals surface area contributed by atoms with Gasteiger partial charge in [-0.05, 0) is 29.8 Å². The Labute approximate surface area is 145 Å². The first-order chi connectivity index (χ1) is 12.3. The molecule has 2 aromatic rings. The maximum atomic E-state index is 8.77. The zero-order valence-corrected chi connectivity index (χ0v) is 13.6. The van der Waals surface area contributed by atoms with Crippen molar-refractivity contribution in [2.75, 3.05) is 19.8 Å². The Morgan fingerprint density at radius 3 is 2.80 bits per heavy atom. The lowest BCUT2D eigenvalue weighted by Crippen LogP contribution is -2.06. The zero-order valence-electron chi connectivity index (χ0n) is 13.6. The van der Waals surface area contributed by atoms with Crippen molar-refractivity contribution in [3.63, 3.8) is 0 Å². The van der Waals surface area contributed by atoms with Gasteiger partial charge in [0.25, 0.3) is 0 Å². The Bertz CT molecular complexity index is 798. The molecule has 0 saturated carbocycles. The summed E-state index contributed by atoms with van der Waals surface area (Å²) in [5.74, 6) is 1.30. The second kappa shape index (κ2) is 8.19. The fourth-order valence-corrected chi connectivity index (χ4v) is 2.54. The molecule has 1 atom stereocenters. The van der Waals surface area contributed by atoms with Crippen LogP contribution in [0.25, 0.3) is 10.4 Å². The van der Waals surface area contributed by atoms with E-state index in [1.165, 1.54) is 0 Å². The van der Waals surface area contributed by atoms with Crippen LogP contribution in [-0.4, -0.2) is 30.8 Å². The van der Waals surface area contributed by atoms with Crippen LogP contribution in [0.5, 0.6) is 5.75 Å². The van der Waals surface area contributed by atoms with E-state index < -0.39 is 0 Å². The highest BCUT2D eigenvalue weighted by Gasteiger charge is 2.24. The molecule has 0 fully saturated rings. The summed E-state index contributed by atoms with van der Waals surface area (Å²) in [7, 11) is 0. The van der Waals surface area contributed by atoms with Crippen molar-refractivity contribution in [2.24, 2.45) is 10.1 Å². The maximum absolute atomic E-state index is 8.77. The molecule has 25 heavy (non-hydrogen) atoms. The van der Waals surface area contributed by atoms with Crippen molar-refractivity contribution < 1.29 is 14.6 Å². The largest absolute Gasteiger partial charge is 0.494 e. The molecule has 0 aromatic heterocycles. The molecule has 128 valence electrons. The van der Waals surface area contributed by atoms with Gasteiger partial charge < -0.3 is 14.6 Å². The van der Waals surface area contributed by atoms with Crippen LogP contribution in [0, 0.1) is 0 Å². The molecule has 1 heterocycles. The average molecular weight is 338 g/mol. The number of hydrogen-bond donors (Lipinski definition) is 1. The molecular formula is C18H18N4O3. The Morgan fingerprint density at radius 2 is 2.04 bits per heavy atom. The summed E-state index contributed by atoms with van der Waals surface area (Å²) in [5, 5.41) is 12.5. The van der Waals surface area contributed by atoms with Gasteiger partial charge in [-0.1, -0.05) is 29.4 Å². The molecule has 2 aromatic carbocycles. The molecular weight excluding hydrogens is 320 g/mol. The molecule has 0 aliphatic carbocycles. The van der Waals surface area contributed by atoms with Crippen LogP contribution in [0.4, 0.5) is 5.69 Å². The SMILES string of the molecule is [N-]=[N+]=Nc1ccccc1[C@H]1CN=C(c2ccc(OCCCO)cc2)O1. The Balaban J connectivity index is 1.67. The Morgan fingerprint density at radius 1 is 1.24 bits per heavy atom. The number of aliphatic hydroxyl groups is 1. The number of benzene rings is 2. The summed E-state index contributed by atoms with van der Waals surface area (Å²) in [6.07, 6.45) is 0.335. The molecule has 3 rings (SSSR count). The third-order valence-electron chi connectivity index (χ3n) is 3.76. The first-order valence-electron chi connectivity index (χ1n) is 8.01.